The molecule has 0 N–H and O–H groups in total. The van der Waals surface area contributed by atoms with E-state index < -0.39 is 71.4 Å². The van der Waals surface area contributed by atoms with Gasteiger partial charge in [-0.3, -0.25) is 0 Å². The van der Waals surface area contributed by atoms with Crippen molar-refractivity contribution < 1.29 is 118 Å². The molecule has 0 aromatic rings. The zero-order valence-electron chi connectivity index (χ0n) is 49.9. The Bertz CT molecular complexity index is 1220. The van der Waals surface area contributed by atoms with Crippen LogP contribution in [-0.2, 0) is 97.7 Å². The van der Waals surface area contributed by atoms with E-state index in [9.17, 15) is 39.6 Å². The molecule has 432 valence electrons. The fourth-order valence-corrected chi connectivity index (χ4v) is 6.72. The van der Waals surface area contributed by atoms with Crippen molar-refractivity contribution in [2.24, 2.45) is 0 Å². The molecule has 0 aliphatic heterocycles. The Morgan fingerprint density at radius 2 is 0.329 bits per heavy atom. The van der Waals surface area contributed by atoms with Crippen LogP contribution < -0.4 is 20.4 Å². The summed E-state index contributed by atoms with van der Waals surface area (Å²) in [7, 11) is 0. The number of carboxylic acids is 4. The molecule has 0 fully saturated rings. The summed E-state index contributed by atoms with van der Waals surface area (Å²) >= 11 is 0. The second-order valence-corrected chi connectivity index (χ2v) is 20.5. The van der Waals surface area contributed by atoms with Gasteiger partial charge in [0.1, 0.15) is 48.3 Å². The van der Waals surface area contributed by atoms with Crippen LogP contribution in [0.3, 0.4) is 0 Å². The molecule has 0 heterocycles. The summed E-state index contributed by atoms with van der Waals surface area (Å²) in [5, 5.41) is 45.9. The molecule has 0 rings (SSSR count). The van der Waals surface area contributed by atoms with Crippen molar-refractivity contribution in [1.29, 1.82) is 0 Å². The van der Waals surface area contributed by atoms with E-state index >= 15 is 0 Å². The average molecular weight is 1090 g/mol. The van der Waals surface area contributed by atoms with Crippen LogP contribution in [0.15, 0.2) is 0 Å². The summed E-state index contributed by atoms with van der Waals surface area (Å²) in [6, 6.07) is 0. The van der Waals surface area contributed by atoms with Crippen LogP contribution in [0.2, 0.25) is 0 Å². The zero-order valence-corrected chi connectivity index (χ0v) is 51.5. The van der Waals surface area contributed by atoms with E-state index in [1.54, 1.807) is 138 Å². The molecular formula is C52H100O20Ti. The van der Waals surface area contributed by atoms with Gasteiger partial charge in [-0.1, -0.05) is 0 Å². The van der Waals surface area contributed by atoms with E-state index in [1.165, 1.54) is 0 Å². The molecule has 0 saturated heterocycles. The molecule has 4 unspecified atom stereocenters. The molecule has 0 spiro atoms. The predicted octanol–water partition coefficient (Wildman–Crippen LogP) is 4.38. The first-order valence-corrected chi connectivity index (χ1v) is 25.4. The van der Waals surface area contributed by atoms with Gasteiger partial charge in [-0.2, -0.15) is 0 Å². The fraction of sp³-hybridized carbons (Fsp3) is 0.923. The minimum Gasteiger partial charge on any atom is -0.544 e. The smallest absolute Gasteiger partial charge is 0.544 e. The Kier molecular flexibility index (Phi) is 41.4. The molecule has 0 radical (unpaired) electrons. The van der Waals surface area contributed by atoms with Crippen LogP contribution in [0.4, 0.5) is 0 Å². The van der Waals surface area contributed by atoms with Gasteiger partial charge < -0.3 is 96.4 Å². The molecule has 0 amide bonds. The fourth-order valence-electron chi connectivity index (χ4n) is 6.72. The van der Waals surface area contributed by atoms with Gasteiger partial charge in [0.05, 0.1) is 73.2 Å². The van der Waals surface area contributed by atoms with Gasteiger partial charge in [0.2, 0.25) is 23.1 Å². The summed E-state index contributed by atoms with van der Waals surface area (Å²) in [6.07, 6.45) is -6.18. The molecular weight excluding hydrogens is 992 g/mol. The van der Waals surface area contributed by atoms with E-state index in [0.717, 1.165) is 0 Å². The first-order valence-electron chi connectivity index (χ1n) is 25.4. The summed E-state index contributed by atoms with van der Waals surface area (Å²) in [4.78, 5) is 45.9. The van der Waals surface area contributed by atoms with E-state index in [0.29, 0.717) is 0 Å². The van der Waals surface area contributed by atoms with Crippen molar-refractivity contribution in [1.82, 2.24) is 0 Å². The van der Waals surface area contributed by atoms with Crippen LogP contribution in [0.5, 0.6) is 0 Å². The molecule has 73 heavy (non-hydrogen) atoms. The second kappa shape index (κ2) is 37.8. The SMILES string of the molecule is CC(C)OC(C)C(OC(C)C)(OC(C)C)C(=O)[O-].CC(C)OC(C)C(OC(C)C)(OC(C)C)C(=O)[O-].CC(C)OC(C)C(OC(C)C)(OC(C)C)C(=O)[O-].CC(C)OC(C)C(OC(C)C)(OC(C)C)C(=O)[O-].[Ti+4]. The van der Waals surface area contributed by atoms with Gasteiger partial charge in [-0.15, -0.1) is 0 Å². The van der Waals surface area contributed by atoms with Crippen molar-refractivity contribution in [3.63, 3.8) is 0 Å². The van der Waals surface area contributed by atoms with Crippen molar-refractivity contribution >= 4 is 23.9 Å². The van der Waals surface area contributed by atoms with Gasteiger partial charge in [0.15, 0.2) is 0 Å². The molecule has 0 saturated carbocycles. The Balaban J connectivity index is -0.000000280. The van der Waals surface area contributed by atoms with Gasteiger partial charge in [0.25, 0.3) is 0 Å². The largest absolute Gasteiger partial charge is 4.00 e. The monoisotopic (exact) mass is 1090 g/mol. The third-order valence-electron chi connectivity index (χ3n) is 8.47. The maximum atomic E-state index is 11.5. The van der Waals surface area contributed by atoms with Crippen molar-refractivity contribution in [2.45, 2.75) is 315 Å². The van der Waals surface area contributed by atoms with Crippen LogP contribution >= 0.6 is 0 Å². The van der Waals surface area contributed by atoms with Crippen molar-refractivity contribution in [3.8, 4) is 0 Å². The molecule has 0 aromatic heterocycles. The number of hydrogen-bond acceptors (Lipinski definition) is 20. The number of hydrogen-bond donors (Lipinski definition) is 0. The summed E-state index contributed by atoms with van der Waals surface area (Å²) in [6.45, 7) is 48.8. The molecule has 0 aromatic carbocycles. The van der Waals surface area contributed by atoms with E-state index in [4.69, 9.17) is 56.8 Å². The van der Waals surface area contributed by atoms with Crippen molar-refractivity contribution in [2.75, 3.05) is 0 Å². The predicted molar refractivity (Wildman–Crippen MR) is 263 cm³/mol. The maximum Gasteiger partial charge on any atom is 4.00 e. The summed E-state index contributed by atoms with van der Waals surface area (Å²) in [5.74, 6) is -13.2. The van der Waals surface area contributed by atoms with E-state index in [2.05, 4.69) is 0 Å². The number of aliphatic carboxylic acids is 4. The minimum atomic E-state index is -1.88. The summed E-state index contributed by atoms with van der Waals surface area (Å²) < 4.78 is 65.7. The van der Waals surface area contributed by atoms with Crippen LogP contribution in [0.1, 0.15) is 194 Å². The number of ether oxygens (including phenoxy) is 12. The van der Waals surface area contributed by atoms with E-state index in [1.807, 2.05) is 55.4 Å². The Morgan fingerprint density at radius 3 is 0.384 bits per heavy atom. The van der Waals surface area contributed by atoms with Gasteiger partial charge >= 0.3 is 21.7 Å². The number of rotatable bonds is 32. The molecule has 0 aliphatic carbocycles. The second-order valence-electron chi connectivity index (χ2n) is 20.5. The summed E-state index contributed by atoms with van der Waals surface area (Å²) in [5.41, 5.74) is 0. The quantitative estimate of drug-likeness (QED) is 0.0668. The number of carboxylic acid groups (broad SMARTS) is 4. The standard InChI is InChI=1S/4C13H26O5.Ti/c4*1-8(2)16-11(7)13(12(14)15,17-9(3)4)18-10(5)6;/h4*8-11H,1-7H3,(H,14,15);/q;;;;+4/p-4. The number of carbonyl (C=O) groups is 4. The Hall–Kier alpha value is -1.89. The molecule has 20 nitrogen and oxygen atoms in total. The average Bonchev–Trinajstić information content (AvgIpc) is 3.14. The topological polar surface area (TPSA) is 271 Å². The van der Waals surface area contributed by atoms with Crippen LogP contribution in [0, 0.1) is 0 Å². The van der Waals surface area contributed by atoms with Gasteiger partial charge in [-0.25, -0.2) is 0 Å². The van der Waals surface area contributed by atoms with Gasteiger partial charge in [-0.05, 0) is 194 Å². The Morgan fingerprint density at radius 1 is 0.233 bits per heavy atom. The minimum absolute atomic E-state index is 0. The maximum absolute atomic E-state index is 11.5. The third-order valence-corrected chi connectivity index (χ3v) is 8.47. The third kappa shape index (κ3) is 31.2. The molecule has 4 atom stereocenters. The molecule has 0 bridgehead atoms. The van der Waals surface area contributed by atoms with E-state index in [-0.39, 0.29) is 95.0 Å². The van der Waals surface area contributed by atoms with Crippen LogP contribution in [-0.4, -0.2) is 145 Å². The molecule has 0 aliphatic rings. The first kappa shape index (κ1) is 80.0. The van der Waals surface area contributed by atoms with Gasteiger partial charge in [0, 0.05) is 0 Å². The van der Waals surface area contributed by atoms with Crippen molar-refractivity contribution in [3.05, 3.63) is 0 Å². The van der Waals surface area contributed by atoms with Crippen LogP contribution in [0.25, 0.3) is 0 Å². The zero-order chi connectivity index (χ0) is 58.0. The molecule has 21 heteroatoms. The first-order chi connectivity index (χ1) is 32.5. The Labute approximate surface area is 455 Å². The number of carbonyl (C=O) groups excluding carboxylic acids is 4. The normalized spacial score (nSPS) is 14.4.